The van der Waals surface area contributed by atoms with Crippen molar-refractivity contribution in [1.82, 2.24) is 0 Å². The van der Waals surface area contributed by atoms with Crippen LogP contribution in [-0.2, 0) is 10.0 Å². The predicted octanol–water partition coefficient (Wildman–Crippen LogP) is 3.50. The van der Waals surface area contributed by atoms with Crippen LogP contribution < -0.4 is 4.72 Å². The second-order valence-corrected chi connectivity index (χ2v) is 6.89. The molecule has 6 nitrogen and oxygen atoms in total. The van der Waals surface area contributed by atoms with E-state index in [0.29, 0.717) is 9.50 Å². The third-order valence-corrected chi connectivity index (χ3v) is 5.44. The van der Waals surface area contributed by atoms with Crippen molar-refractivity contribution in [3.8, 4) is 0 Å². The first-order valence-corrected chi connectivity index (χ1v) is 8.18. The van der Waals surface area contributed by atoms with Gasteiger partial charge in [0.05, 0.1) is 15.2 Å². The number of carbonyl (C=O) groups is 1. The van der Waals surface area contributed by atoms with Gasteiger partial charge in [0, 0.05) is 6.07 Å². The zero-order chi connectivity index (χ0) is 15.8. The van der Waals surface area contributed by atoms with Gasteiger partial charge in [0.1, 0.15) is 10.7 Å². The molecule has 0 saturated carbocycles. The van der Waals surface area contributed by atoms with Crippen LogP contribution >= 0.6 is 27.5 Å². The number of aryl methyl sites for hydroxylation is 1. The molecule has 0 amide bonds. The Bertz CT molecular complexity index is 815. The van der Waals surface area contributed by atoms with Crippen molar-refractivity contribution in [2.75, 3.05) is 4.72 Å². The van der Waals surface area contributed by atoms with Crippen molar-refractivity contribution >= 4 is 49.2 Å². The molecule has 21 heavy (non-hydrogen) atoms. The number of nitrogens with one attached hydrogen (secondary N) is 1. The van der Waals surface area contributed by atoms with Crippen molar-refractivity contribution < 1.29 is 22.7 Å². The van der Waals surface area contributed by atoms with E-state index in [1.54, 1.807) is 12.1 Å². The Morgan fingerprint density at radius 3 is 2.67 bits per heavy atom. The number of hydrogen-bond acceptors (Lipinski definition) is 4. The molecule has 0 unspecified atom stereocenters. The molecule has 1 aromatic heterocycles. The Labute approximate surface area is 133 Å². The third-order valence-electron chi connectivity index (χ3n) is 2.57. The number of carboxylic acid groups (broad SMARTS) is 1. The summed E-state index contributed by atoms with van der Waals surface area (Å²) in [4.78, 5) is 10.6. The molecular formula is C12H9BrClNO5S. The normalized spacial score (nSPS) is 11.4. The monoisotopic (exact) mass is 393 g/mol. The Morgan fingerprint density at radius 1 is 1.43 bits per heavy atom. The molecule has 0 fully saturated rings. The molecule has 0 aliphatic rings. The number of hydrogen-bond donors (Lipinski definition) is 2. The number of furan rings is 1. The highest BCUT2D eigenvalue weighted by molar-refractivity contribution is 9.10. The van der Waals surface area contributed by atoms with Crippen molar-refractivity contribution in [2.24, 2.45) is 0 Å². The highest BCUT2D eigenvalue weighted by Gasteiger charge is 2.24. The maximum Gasteiger partial charge on any atom is 0.371 e. The average molecular weight is 395 g/mol. The molecule has 0 saturated heterocycles. The summed E-state index contributed by atoms with van der Waals surface area (Å²) in [5, 5.41) is 9.16. The molecule has 2 aromatic rings. The van der Waals surface area contributed by atoms with E-state index < -0.39 is 21.8 Å². The van der Waals surface area contributed by atoms with Gasteiger partial charge in [0.2, 0.25) is 5.76 Å². The lowest BCUT2D eigenvalue weighted by Crippen LogP contribution is -2.13. The van der Waals surface area contributed by atoms with Crippen LogP contribution in [0.2, 0.25) is 5.02 Å². The van der Waals surface area contributed by atoms with E-state index in [1.165, 1.54) is 13.0 Å². The minimum atomic E-state index is -3.99. The SMILES string of the molecule is Cc1oc(C(=O)O)cc1S(=O)(=O)Nc1cccc(Cl)c1Br. The van der Waals surface area contributed by atoms with Crippen molar-refractivity contribution in [1.29, 1.82) is 0 Å². The van der Waals surface area contributed by atoms with Crippen LogP contribution in [0.5, 0.6) is 0 Å². The van der Waals surface area contributed by atoms with E-state index in [4.69, 9.17) is 21.1 Å². The summed E-state index contributed by atoms with van der Waals surface area (Å²) in [6, 6.07) is 5.64. The second-order valence-electron chi connectivity index (χ2n) is 4.04. The summed E-state index contributed by atoms with van der Waals surface area (Å²) in [5.41, 5.74) is 0.236. The van der Waals surface area contributed by atoms with Gasteiger partial charge in [-0.15, -0.1) is 0 Å². The molecule has 0 spiro atoms. The van der Waals surface area contributed by atoms with E-state index in [2.05, 4.69) is 20.7 Å². The van der Waals surface area contributed by atoms with Crippen LogP contribution in [0.3, 0.4) is 0 Å². The molecule has 9 heteroatoms. The zero-order valence-electron chi connectivity index (χ0n) is 10.6. The first kappa shape index (κ1) is 15.9. The average Bonchev–Trinajstić information content (AvgIpc) is 2.78. The fraction of sp³-hybridized carbons (Fsp3) is 0.0833. The number of anilines is 1. The second kappa shape index (κ2) is 5.70. The molecule has 2 rings (SSSR count). The van der Waals surface area contributed by atoms with Gasteiger partial charge in [-0.1, -0.05) is 17.7 Å². The van der Waals surface area contributed by atoms with Crippen LogP contribution in [0.1, 0.15) is 16.3 Å². The van der Waals surface area contributed by atoms with E-state index in [1.807, 2.05) is 0 Å². The van der Waals surface area contributed by atoms with Gasteiger partial charge in [0.25, 0.3) is 10.0 Å². The minimum absolute atomic E-state index is 0.0157. The molecule has 0 atom stereocenters. The summed E-state index contributed by atoms with van der Waals surface area (Å²) in [6.07, 6.45) is 0. The van der Waals surface area contributed by atoms with Crippen LogP contribution in [0.25, 0.3) is 0 Å². The number of rotatable bonds is 4. The smallest absolute Gasteiger partial charge is 0.371 e. The summed E-state index contributed by atoms with van der Waals surface area (Å²) in [5.74, 6) is -1.81. The van der Waals surface area contributed by atoms with Gasteiger partial charge in [-0.25, -0.2) is 13.2 Å². The summed E-state index contributed by atoms with van der Waals surface area (Å²) in [7, 11) is -3.99. The fourth-order valence-electron chi connectivity index (χ4n) is 1.62. The third kappa shape index (κ3) is 3.22. The Morgan fingerprint density at radius 2 is 2.10 bits per heavy atom. The molecule has 1 aromatic carbocycles. The topological polar surface area (TPSA) is 96.6 Å². The van der Waals surface area contributed by atoms with Crippen molar-refractivity contribution in [2.45, 2.75) is 11.8 Å². The van der Waals surface area contributed by atoms with Gasteiger partial charge in [0.15, 0.2) is 0 Å². The van der Waals surface area contributed by atoms with Crippen molar-refractivity contribution in [3.05, 3.63) is 45.3 Å². The Kier molecular flexibility index (Phi) is 4.31. The molecule has 0 aliphatic carbocycles. The van der Waals surface area contributed by atoms with E-state index in [0.717, 1.165) is 6.07 Å². The standard InChI is InChI=1S/C12H9BrClNO5S/c1-6-10(5-9(20-6)12(16)17)21(18,19)15-8-4-2-3-7(14)11(8)13/h2-5,15H,1H3,(H,16,17). The highest BCUT2D eigenvalue weighted by Crippen LogP contribution is 2.32. The lowest BCUT2D eigenvalue weighted by atomic mass is 10.3. The first-order valence-electron chi connectivity index (χ1n) is 5.53. The molecule has 112 valence electrons. The zero-order valence-corrected chi connectivity index (χ0v) is 13.7. The Balaban J connectivity index is 2.43. The predicted molar refractivity (Wildman–Crippen MR) is 80.4 cm³/mol. The van der Waals surface area contributed by atoms with Crippen LogP contribution in [0.15, 0.2) is 38.1 Å². The fourth-order valence-corrected chi connectivity index (χ4v) is 3.54. The largest absolute Gasteiger partial charge is 0.475 e. The van der Waals surface area contributed by atoms with Gasteiger partial charge < -0.3 is 9.52 Å². The molecular weight excluding hydrogens is 386 g/mol. The molecule has 0 radical (unpaired) electrons. The number of sulfonamides is 1. The van der Waals surface area contributed by atoms with Crippen LogP contribution in [-0.4, -0.2) is 19.5 Å². The molecule has 0 bridgehead atoms. The molecule has 2 N–H and O–H groups in total. The van der Waals surface area contributed by atoms with E-state index in [-0.39, 0.29) is 16.3 Å². The summed E-state index contributed by atoms with van der Waals surface area (Å²) < 4.78 is 32.2. The minimum Gasteiger partial charge on any atom is -0.475 e. The van der Waals surface area contributed by atoms with E-state index >= 15 is 0 Å². The molecule has 1 heterocycles. The van der Waals surface area contributed by atoms with Crippen LogP contribution in [0.4, 0.5) is 5.69 Å². The summed E-state index contributed by atoms with van der Waals surface area (Å²) in [6.45, 7) is 1.37. The number of benzene rings is 1. The lowest BCUT2D eigenvalue weighted by Gasteiger charge is -2.09. The van der Waals surface area contributed by atoms with Crippen LogP contribution in [0, 0.1) is 6.92 Å². The maximum atomic E-state index is 12.3. The lowest BCUT2D eigenvalue weighted by molar-refractivity contribution is 0.0661. The Hall–Kier alpha value is -1.51. The van der Waals surface area contributed by atoms with Gasteiger partial charge in [-0.3, -0.25) is 4.72 Å². The maximum absolute atomic E-state index is 12.3. The van der Waals surface area contributed by atoms with Gasteiger partial charge in [-0.2, -0.15) is 0 Å². The van der Waals surface area contributed by atoms with Gasteiger partial charge in [-0.05, 0) is 35.0 Å². The number of carboxylic acids is 1. The van der Waals surface area contributed by atoms with Crippen molar-refractivity contribution in [3.63, 3.8) is 0 Å². The first-order chi connectivity index (χ1) is 9.72. The highest BCUT2D eigenvalue weighted by atomic mass is 79.9. The van der Waals surface area contributed by atoms with E-state index in [9.17, 15) is 13.2 Å². The molecule has 0 aliphatic heterocycles. The quantitative estimate of drug-likeness (QED) is 0.827. The van der Waals surface area contributed by atoms with Gasteiger partial charge >= 0.3 is 5.97 Å². The number of aromatic carboxylic acids is 1. The number of halogens is 2. The summed E-state index contributed by atoms with van der Waals surface area (Å²) >= 11 is 9.06.